The Balaban J connectivity index is 2.53. The summed E-state index contributed by atoms with van der Waals surface area (Å²) in [4.78, 5) is 0. The Bertz CT molecular complexity index is 117. The van der Waals surface area contributed by atoms with Crippen LogP contribution in [0.15, 0.2) is 0 Å². The Hall–Kier alpha value is -0.200. The van der Waals surface area contributed by atoms with Gasteiger partial charge in [-0.25, -0.2) is 0 Å². The molecule has 5 nitrogen and oxygen atoms in total. The Kier molecular flexibility index (Phi) is 2.22. The van der Waals surface area contributed by atoms with Crippen LogP contribution in [0.3, 0.4) is 0 Å². The average Bonchev–Trinajstić information content (AvgIpc) is 2.17. The van der Waals surface area contributed by atoms with Gasteiger partial charge in [-0.15, -0.1) is 0 Å². The summed E-state index contributed by atoms with van der Waals surface area (Å²) >= 11 is 0. The van der Waals surface area contributed by atoms with Crippen LogP contribution in [0.5, 0.6) is 0 Å². The predicted octanol–water partition coefficient (Wildman–Crippen LogP) is -2.58. The molecule has 1 aliphatic heterocycles. The van der Waals surface area contributed by atoms with Crippen LogP contribution in [0.2, 0.25) is 0 Å². The molecule has 1 heterocycles. The molecule has 0 radical (unpaired) electrons. The van der Waals surface area contributed by atoms with Crippen molar-refractivity contribution in [1.29, 1.82) is 0 Å². The first-order chi connectivity index (χ1) is 4.66. The van der Waals surface area contributed by atoms with Gasteiger partial charge in [-0.3, -0.25) is 0 Å². The lowest BCUT2D eigenvalue weighted by Crippen LogP contribution is -2.33. The minimum Gasteiger partial charge on any atom is -0.394 e. The van der Waals surface area contributed by atoms with E-state index in [1.54, 1.807) is 0 Å². The summed E-state index contributed by atoms with van der Waals surface area (Å²) in [6, 6.07) is 0. The zero-order valence-electron chi connectivity index (χ0n) is 5.21. The number of hydrogen-bond acceptors (Lipinski definition) is 5. The maximum Gasteiger partial charge on any atom is 0.184 e. The highest BCUT2D eigenvalue weighted by atomic mass is 16.6. The summed E-state index contributed by atoms with van der Waals surface area (Å²) in [6.07, 6.45) is -4.76. The van der Waals surface area contributed by atoms with Crippen LogP contribution < -0.4 is 0 Å². The SMILES string of the molecule is OCC1OC(O)[C@@H](O)[C@@H]1O. The normalized spacial score (nSPS) is 48.0. The number of aliphatic hydroxyl groups excluding tert-OH is 4. The van der Waals surface area contributed by atoms with Gasteiger partial charge in [0, 0.05) is 0 Å². The lowest BCUT2D eigenvalue weighted by atomic mass is 10.1. The molecule has 4 N–H and O–H groups in total. The summed E-state index contributed by atoms with van der Waals surface area (Å²) in [5.74, 6) is 0. The third-order valence-electron chi connectivity index (χ3n) is 1.52. The van der Waals surface area contributed by atoms with E-state index >= 15 is 0 Å². The highest BCUT2D eigenvalue weighted by Gasteiger charge is 2.41. The summed E-state index contributed by atoms with van der Waals surface area (Å²) in [6.45, 7) is -0.407. The van der Waals surface area contributed by atoms with Crippen molar-refractivity contribution in [2.45, 2.75) is 24.6 Å². The van der Waals surface area contributed by atoms with Gasteiger partial charge in [-0.2, -0.15) is 0 Å². The number of hydrogen-bond donors (Lipinski definition) is 4. The largest absolute Gasteiger partial charge is 0.394 e. The first-order valence-electron chi connectivity index (χ1n) is 2.97. The minimum atomic E-state index is -1.38. The van der Waals surface area contributed by atoms with Crippen LogP contribution in [0.1, 0.15) is 0 Å². The standard InChI is InChI=1S/C5H10O5/c6-1-2-3(7)4(8)5(9)10-2/h2-9H,1H2/t2?,3-,4+,5?/m1/s1. The fourth-order valence-electron chi connectivity index (χ4n) is 0.880. The summed E-state index contributed by atoms with van der Waals surface area (Å²) in [7, 11) is 0. The molecule has 0 saturated carbocycles. The van der Waals surface area contributed by atoms with Gasteiger partial charge in [0.25, 0.3) is 0 Å². The monoisotopic (exact) mass is 150 g/mol. The van der Waals surface area contributed by atoms with Crippen molar-refractivity contribution >= 4 is 0 Å². The summed E-state index contributed by atoms with van der Waals surface area (Å²) in [5.41, 5.74) is 0. The number of rotatable bonds is 1. The molecule has 0 bridgehead atoms. The second-order valence-corrected chi connectivity index (χ2v) is 2.23. The van der Waals surface area contributed by atoms with Gasteiger partial charge in [-0.1, -0.05) is 0 Å². The van der Waals surface area contributed by atoms with Crippen LogP contribution >= 0.6 is 0 Å². The van der Waals surface area contributed by atoms with Gasteiger partial charge >= 0.3 is 0 Å². The molecular weight excluding hydrogens is 140 g/mol. The molecule has 1 aliphatic rings. The van der Waals surface area contributed by atoms with Gasteiger partial charge in [0.2, 0.25) is 0 Å². The smallest absolute Gasteiger partial charge is 0.184 e. The third-order valence-corrected chi connectivity index (χ3v) is 1.52. The van der Waals surface area contributed by atoms with Crippen molar-refractivity contribution < 1.29 is 25.2 Å². The Morgan fingerprint density at radius 3 is 1.90 bits per heavy atom. The first kappa shape index (κ1) is 7.90. The van der Waals surface area contributed by atoms with E-state index in [2.05, 4.69) is 4.74 Å². The molecule has 60 valence electrons. The summed E-state index contributed by atoms with van der Waals surface area (Å²) in [5, 5.41) is 35.0. The number of aliphatic hydroxyl groups is 4. The number of ether oxygens (including phenoxy) is 1. The van der Waals surface area contributed by atoms with E-state index in [1.807, 2.05) is 0 Å². The van der Waals surface area contributed by atoms with Crippen molar-refractivity contribution in [3.05, 3.63) is 0 Å². The van der Waals surface area contributed by atoms with Crippen LogP contribution in [0, 0.1) is 0 Å². The second-order valence-electron chi connectivity index (χ2n) is 2.23. The molecule has 0 aromatic carbocycles. The van der Waals surface area contributed by atoms with Gasteiger partial charge < -0.3 is 25.2 Å². The molecule has 0 aromatic heterocycles. The molecule has 4 atom stereocenters. The fourth-order valence-corrected chi connectivity index (χ4v) is 0.880. The first-order valence-corrected chi connectivity index (χ1v) is 2.97. The molecular formula is C5H10O5. The van der Waals surface area contributed by atoms with Gasteiger partial charge in [0.05, 0.1) is 6.61 Å². The van der Waals surface area contributed by atoms with Gasteiger partial charge in [0.15, 0.2) is 6.29 Å². The van der Waals surface area contributed by atoms with E-state index in [-0.39, 0.29) is 0 Å². The Morgan fingerprint density at radius 1 is 1.10 bits per heavy atom. The van der Waals surface area contributed by atoms with Crippen LogP contribution in [0.25, 0.3) is 0 Å². The molecule has 10 heavy (non-hydrogen) atoms. The van der Waals surface area contributed by atoms with Gasteiger partial charge in [0.1, 0.15) is 18.3 Å². The van der Waals surface area contributed by atoms with Crippen molar-refractivity contribution in [2.75, 3.05) is 6.61 Å². The van der Waals surface area contributed by atoms with Crippen molar-refractivity contribution in [3.63, 3.8) is 0 Å². The van der Waals surface area contributed by atoms with E-state index in [1.165, 1.54) is 0 Å². The maximum atomic E-state index is 8.93. The van der Waals surface area contributed by atoms with Crippen LogP contribution in [0.4, 0.5) is 0 Å². The van der Waals surface area contributed by atoms with Crippen molar-refractivity contribution in [2.24, 2.45) is 0 Å². The van der Waals surface area contributed by atoms with Crippen molar-refractivity contribution in [1.82, 2.24) is 0 Å². The lowest BCUT2D eigenvalue weighted by Gasteiger charge is -2.09. The van der Waals surface area contributed by atoms with Crippen molar-refractivity contribution in [3.8, 4) is 0 Å². The zero-order valence-corrected chi connectivity index (χ0v) is 5.21. The third kappa shape index (κ3) is 1.14. The van der Waals surface area contributed by atoms with Crippen LogP contribution in [-0.2, 0) is 4.74 Å². The molecule has 1 fully saturated rings. The molecule has 1 rings (SSSR count). The van der Waals surface area contributed by atoms with E-state index in [4.69, 9.17) is 20.4 Å². The van der Waals surface area contributed by atoms with Crippen LogP contribution in [-0.4, -0.2) is 51.6 Å². The average molecular weight is 150 g/mol. The highest BCUT2D eigenvalue weighted by Crippen LogP contribution is 2.18. The molecule has 0 aliphatic carbocycles. The molecule has 0 spiro atoms. The summed E-state index contributed by atoms with van der Waals surface area (Å²) < 4.78 is 4.54. The molecule has 0 aromatic rings. The zero-order chi connectivity index (χ0) is 7.72. The van der Waals surface area contributed by atoms with Gasteiger partial charge in [-0.05, 0) is 0 Å². The van der Waals surface area contributed by atoms with E-state index in [9.17, 15) is 0 Å². The topological polar surface area (TPSA) is 90.2 Å². The Morgan fingerprint density at radius 2 is 1.70 bits per heavy atom. The lowest BCUT2D eigenvalue weighted by molar-refractivity contribution is -0.132. The molecule has 5 heteroatoms. The van der Waals surface area contributed by atoms with E-state index < -0.39 is 31.2 Å². The minimum absolute atomic E-state index is 0.407. The molecule has 2 unspecified atom stereocenters. The predicted molar refractivity (Wildman–Crippen MR) is 30.0 cm³/mol. The quantitative estimate of drug-likeness (QED) is 0.329. The van der Waals surface area contributed by atoms with E-state index in [0.29, 0.717) is 0 Å². The molecule has 0 amide bonds. The molecule has 1 saturated heterocycles. The van der Waals surface area contributed by atoms with E-state index in [0.717, 1.165) is 0 Å². The highest BCUT2D eigenvalue weighted by molar-refractivity contribution is 4.84. The fraction of sp³-hybridized carbons (Fsp3) is 1.00. The maximum absolute atomic E-state index is 8.93. The Labute approximate surface area is 57.5 Å². The second kappa shape index (κ2) is 2.81.